The van der Waals surface area contributed by atoms with Crippen LogP contribution in [0.5, 0.6) is 5.75 Å². The molecule has 1 aromatic heterocycles. The number of thioether (sulfide) groups is 1. The molecule has 0 atom stereocenters. The number of nitrogens with zero attached hydrogens (tertiary/aromatic N) is 3. The quantitative estimate of drug-likeness (QED) is 0.442. The number of carbonyl (C=O) groups is 1. The second-order valence-corrected chi connectivity index (χ2v) is 9.85. The molecule has 0 fully saturated rings. The van der Waals surface area contributed by atoms with Crippen LogP contribution >= 0.6 is 23.4 Å². The van der Waals surface area contributed by atoms with E-state index in [2.05, 4.69) is 15.3 Å². The van der Waals surface area contributed by atoms with Gasteiger partial charge in [-0.15, -0.1) is 0 Å². The Kier molecular flexibility index (Phi) is 5.78. The first-order chi connectivity index (χ1) is 14.8. The minimum atomic E-state index is -3.78. The number of fused-ring (bicyclic) bond motifs is 3. The molecule has 1 N–H and O–H groups in total. The highest BCUT2D eigenvalue weighted by molar-refractivity contribution is 7.99. The molecular formula is C20H17ClN4O4S2. The van der Waals surface area contributed by atoms with Crippen LogP contribution in [0.4, 0.5) is 11.4 Å². The van der Waals surface area contributed by atoms with Crippen molar-refractivity contribution in [3.63, 3.8) is 0 Å². The van der Waals surface area contributed by atoms with Gasteiger partial charge in [-0.3, -0.25) is 9.10 Å². The molecule has 0 unspecified atom stereocenters. The SMILES string of the molecule is COc1ccccc1NC(=O)CSc1ncc2c(n1)-c1cc(Cl)ccc1N(C)S2(=O)=O. The number of benzene rings is 2. The lowest BCUT2D eigenvalue weighted by Gasteiger charge is -2.28. The highest BCUT2D eigenvalue weighted by atomic mass is 35.5. The summed E-state index contributed by atoms with van der Waals surface area (Å²) in [4.78, 5) is 20.9. The second-order valence-electron chi connectivity index (χ2n) is 6.54. The lowest BCUT2D eigenvalue weighted by molar-refractivity contribution is -0.113. The number of methoxy groups -OCH3 is 1. The van der Waals surface area contributed by atoms with Crippen molar-refractivity contribution < 1.29 is 17.9 Å². The smallest absolute Gasteiger partial charge is 0.267 e. The van der Waals surface area contributed by atoms with Gasteiger partial charge >= 0.3 is 0 Å². The summed E-state index contributed by atoms with van der Waals surface area (Å²) in [6.07, 6.45) is 1.26. The maximum atomic E-state index is 12.8. The zero-order valence-electron chi connectivity index (χ0n) is 16.5. The van der Waals surface area contributed by atoms with Crippen molar-refractivity contribution in [2.75, 3.05) is 29.5 Å². The number of carbonyl (C=O) groups excluding carboxylic acids is 1. The average molecular weight is 477 g/mol. The van der Waals surface area contributed by atoms with E-state index in [1.54, 1.807) is 42.5 Å². The van der Waals surface area contributed by atoms with E-state index >= 15 is 0 Å². The standard InChI is InChI=1S/C20H17ClN4O4S2/c1-25-15-8-7-12(21)9-13(15)19-17(31(25,27)28)10-22-20(24-19)30-11-18(26)23-14-5-3-4-6-16(14)29-2/h3-10H,11H2,1-2H3,(H,23,26). The van der Waals surface area contributed by atoms with Crippen molar-refractivity contribution in [1.82, 2.24) is 9.97 Å². The Hall–Kier alpha value is -2.82. The number of hydrogen-bond acceptors (Lipinski definition) is 7. The highest BCUT2D eigenvalue weighted by Gasteiger charge is 2.34. The van der Waals surface area contributed by atoms with E-state index in [0.29, 0.717) is 27.7 Å². The zero-order chi connectivity index (χ0) is 22.2. The van der Waals surface area contributed by atoms with Gasteiger partial charge in [-0.05, 0) is 30.3 Å². The third kappa shape index (κ3) is 4.06. The molecule has 3 aromatic rings. The minimum Gasteiger partial charge on any atom is -0.495 e. The van der Waals surface area contributed by atoms with Crippen molar-refractivity contribution in [1.29, 1.82) is 0 Å². The summed E-state index contributed by atoms with van der Waals surface area (Å²) in [6, 6.07) is 12.0. The van der Waals surface area contributed by atoms with Crippen LogP contribution in [0.25, 0.3) is 11.3 Å². The Morgan fingerprint density at radius 1 is 1.26 bits per heavy atom. The number of para-hydroxylation sites is 2. The Balaban J connectivity index is 1.59. The Morgan fingerprint density at radius 2 is 2.03 bits per heavy atom. The van der Waals surface area contributed by atoms with Crippen LogP contribution < -0.4 is 14.4 Å². The Morgan fingerprint density at radius 3 is 2.81 bits per heavy atom. The lowest BCUT2D eigenvalue weighted by Crippen LogP contribution is -2.31. The van der Waals surface area contributed by atoms with E-state index in [9.17, 15) is 13.2 Å². The molecule has 2 aromatic carbocycles. The molecule has 1 amide bonds. The molecule has 160 valence electrons. The zero-order valence-corrected chi connectivity index (χ0v) is 18.9. The van der Waals surface area contributed by atoms with Gasteiger partial charge in [0.1, 0.15) is 10.6 Å². The molecule has 0 bridgehead atoms. The maximum absolute atomic E-state index is 12.8. The van der Waals surface area contributed by atoms with Crippen molar-refractivity contribution >= 4 is 50.7 Å². The first-order valence-electron chi connectivity index (χ1n) is 9.03. The van der Waals surface area contributed by atoms with Crippen LogP contribution in [0.3, 0.4) is 0 Å². The highest BCUT2D eigenvalue weighted by Crippen LogP contribution is 2.42. The van der Waals surface area contributed by atoms with Crippen LogP contribution in [0.15, 0.2) is 58.7 Å². The normalized spacial score (nSPS) is 13.8. The fraction of sp³-hybridized carbons (Fsp3) is 0.150. The largest absolute Gasteiger partial charge is 0.495 e. The van der Waals surface area contributed by atoms with Crippen molar-refractivity contribution in [2.45, 2.75) is 10.1 Å². The van der Waals surface area contributed by atoms with Gasteiger partial charge < -0.3 is 10.1 Å². The van der Waals surface area contributed by atoms with E-state index in [1.165, 1.54) is 24.7 Å². The van der Waals surface area contributed by atoms with E-state index in [-0.39, 0.29) is 27.4 Å². The van der Waals surface area contributed by atoms with Gasteiger partial charge in [0, 0.05) is 17.6 Å². The molecule has 11 heteroatoms. The number of ether oxygens (including phenoxy) is 1. The molecule has 2 heterocycles. The van der Waals surface area contributed by atoms with Gasteiger partial charge in [0.05, 0.1) is 36.1 Å². The third-order valence-electron chi connectivity index (χ3n) is 4.64. The minimum absolute atomic E-state index is 0.00686. The summed E-state index contributed by atoms with van der Waals surface area (Å²) < 4.78 is 32.0. The van der Waals surface area contributed by atoms with Crippen molar-refractivity contribution in [3.8, 4) is 17.0 Å². The van der Waals surface area contributed by atoms with E-state index in [0.717, 1.165) is 11.8 Å². The number of aromatic nitrogens is 2. The third-order valence-corrected chi connectivity index (χ3v) is 7.51. The van der Waals surface area contributed by atoms with Crippen molar-refractivity contribution in [2.24, 2.45) is 0 Å². The molecular weight excluding hydrogens is 460 g/mol. The molecule has 0 saturated carbocycles. The number of rotatable bonds is 5. The van der Waals surface area contributed by atoms with Crippen LogP contribution in [-0.4, -0.2) is 44.2 Å². The predicted octanol–water partition coefficient (Wildman–Crippen LogP) is 3.67. The van der Waals surface area contributed by atoms with E-state index < -0.39 is 10.0 Å². The molecule has 0 saturated heterocycles. The first kappa shape index (κ1) is 21.4. The predicted molar refractivity (Wildman–Crippen MR) is 120 cm³/mol. The van der Waals surface area contributed by atoms with Crippen LogP contribution in [0.2, 0.25) is 5.02 Å². The topological polar surface area (TPSA) is 101 Å². The second kappa shape index (κ2) is 8.37. The monoisotopic (exact) mass is 476 g/mol. The van der Waals surface area contributed by atoms with Crippen LogP contribution in [0.1, 0.15) is 0 Å². The maximum Gasteiger partial charge on any atom is 0.267 e. The molecule has 0 radical (unpaired) electrons. The van der Waals surface area contributed by atoms with Gasteiger partial charge in [0.25, 0.3) is 10.0 Å². The number of sulfonamides is 1. The fourth-order valence-corrected chi connectivity index (χ4v) is 5.21. The molecule has 4 rings (SSSR count). The summed E-state index contributed by atoms with van der Waals surface area (Å²) in [5.74, 6) is 0.312. The first-order valence-corrected chi connectivity index (χ1v) is 11.8. The number of hydrogen-bond donors (Lipinski definition) is 1. The van der Waals surface area contributed by atoms with Crippen molar-refractivity contribution in [3.05, 3.63) is 53.7 Å². The summed E-state index contributed by atoms with van der Waals surface area (Å²) in [5, 5.41) is 3.51. The number of halogens is 1. The van der Waals surface area contributed by atoms with Gasteiger partial charge in [0.15, 0.2) is 5.16 Å². The number of nitrogens with one attached hydrogen (secondary N) is 1. The van der Waals surface area contributed by atoms with Gasteiger partial charge in [0.2, 0.25) is 5.91 Å². The summed E-state index contributed by atoms with van der Waals surface area (Å²) in [6.45, 7) is 0. The van der Waals surface area contributed by atoms with E-state index in [4.69, 9.17) is 16.3 Å². The molecule has 1 aliphatic heterocycles. The molecule has 0 aliphatic carbocycles. The Labute approximate surface area is 188 Å². The lowest BCUT2D eigenvalue weighted by atomic mass is 10.1. The molecule has 0 spiro atoms. The fourth-order valence-electron chi connectivity index (χ4n) is 3.12. The summed E-state index contributed by atoms with van der Waals surface area (Å²) in [5.41, 5.74) is 1.88. The molecule has 1 aliphatic rings. The summed E-state index contributed by atoms with van der Waals surface area (Å²) in [7, 11) is -0.788. The van der Waals surface area contributed by atoms with Gasteiger partial charge in [-0.2, -0.15) is 0 Å². The average Bonchev–Trinajstić information content (AvgIpc) is 2.76. The van der Waals surface area contributed by atoms with Gasteiger partial charge in [-0.1, -0.05) is 35.5 Å². The molecule has 31 heavy (non-hydrogen) atoms. The van der Waals surface area contributed by atoms with Crippen LogP contribution in [0, 0.1) is 0 Å². The summed E-state index contributed by atoms with van der Waals surface area (Å²) >= 11 is 7.22. The number of amides is 1. The number of anilines is 2. The Bertz CT molecular complexity index is 1280. The van der Waals surface area contributed by atoms with E-state index in [1.807, 2.05) is 0 Å². The van der Waals surface area contributed by atoms with Gasteiger partial charge in [-0.25, -0.2) is 18.4 Å². The molecule has 8 nitrogen and oxygen atoms in total. The van der Waals surface area contributed by atoms with Crippen LogP contribution in [-0.2, 0) is 14.8 Å².